The van der Waals surface area contributed by atoms with Gasteiger partial charge in [0.2, 0.25) is 5.91 Å². The van der Waals surface area contributed by atoms with Crippen LogP contribution in [0.25, 0.3) is 0 Å². The first-order valence-corrected chi connectivity index (χ1v) is 11.5. The molecule has 1 heterocycles. The molecule has 1 aromatic heterocycles. The number of carbonyl (C=O) groups excluding carboxylic acids is 2. The molecule has 0 spiro atoms. The number of nitrogens with zero attached hydrogens (tertiary/aromatic N) is 1. The zero-order chi connectivity index (χ0) is 21.4. The quantitative estimate of drug-likeness (QED) is 0.418. The summed E-state index contributed by atoms with van der Waals surface area (Å²) < 4.78 is 0. The highest BCUT2D eigenvalue weighted by Gasteiger charge is 2.28. The van der Waals surface area contributed by atoms with Gasteiger partial charge in [0.1, 0.15) is 0 Å². The first-order chi connectivity index (χ1) is 13.7. The van der Waals surface area contributed by atoms with Crippen molar-refractivity contribution in [1.29, 1.82) is 0 Å². The van der Waals surface area contributed by atoms with Gasteiger partial charge >= 0.3 is 0 Å². The third kappa shape index (κ3) is 7.43. The van der Waals surface area contributed by atoms with Crippen LogP contribution in [0.1, 0.15) is 72.6 Å². The summed E-state index contributed by atoms with van der Waals surface area (Å²) in [4.78, 5) is 29.1. The van der Waals surface area contributed by atoms with Crippen molar-refractivity contribution in [2.75, 3.05) is 13.1 Å². The molecule has 0 N–H and O–H groups in total. The van der Waals surface area contributed by atoms with E-state index in [1.54, 1.807) is 11.3 Å². The van der Waals surface area contributed by atoms with E-state index in [1.807, 2.05) is 38.7 Å². The lowest BCUT2D eigenvalue weighted by molar-refractivity contribution is -0.132. The molecule has 158 valence electrons. The van der Waals surface area contributed by atoms with Gasteiger partial charge in [-0.2, -0.15) is 0 Å². The van der Waals surface area contributed by atoms with Crippen molar-refractivity contribution < 1.29 is 9.59 Å². The Balaban J connectivity index is 1.86. The van der Waals surface area contributed by atoms with Gasteiger partial charge in [0, 0.05) is 30.8 Å². The molecule has 0 aliphatic rings. The second-order valence-corrected chi connectivity index (χ2v) is 9.78. The molecule has 4 heteroatoms. The molecule has 2 rings (SSSR count). The summed E-state index contributed by atoms with van der Waals surface area (Å²) in [5, 5.41) is 0. The van der Waals surface area contributed by atoms with Crippen molar-refractivity contribution in [3.8, 4) is 0 Å². The molecule has 0 aliphatic carbocycles. The van der Waals surface area contributed by atoms with E-state index >= 15 is 0 Å². The van der Waals surface area contributed by atoms with Gasteiger partial charge in [0.05, 0.1) is 4.88 Å². The number of thiophene rings is 1. The number of benzene rings is 1. The minimum absolute atomic E-state index is 0.135. The fourth-order valence-corrected chi connectivity index (χ4v) is 4.55. The SMILES string of the molecule is CCN(CC)C(=O)CC(C)(C)CC(=O)c1ccc(CCCc2ccc(C)cc2)s1. The van der Waals surface area contributed by atoms with E-state index in [0.29, 0.717) is 12.8 Å². The second-order valence-electron chi connectivity index (χ2n) is 8.61. The van der Waals surface area contributed by atoms with Crippen LogP contribution in [0.2, 0.25) is 0 Å². The van der Waals surface area contributed by atoms with E-state index in [9.17, 15) is 9.59 Å². The summed E-state index contributed by atoms with van der Waals surface area (Å²) in [7, 11) is 0. The summed E-state index contributed by atoms with van der Waals surface area (Å²) in [5.74, 6) is 0.285. The molecule has 0 atom stereocenters. The van der Waals surface area contributed by atoms with Crippen LogP contribution in [-0.4, -0.2) is 29.7 Å². The van der Waals surface area contributed by atoms with Gasteiger partial charge in [-0.3, -0.25) is 9.59 Å². The molecular weight excluding hydrogens is 378 g/mol. The van der Waals surface area contributed by atoms with Crippen LogP contribution in [0.15, 0.2) is 36.4 Å². The van der Waals surface area contributed by atoms with Gasteiger partial charge in [-0.15, -0.1) is 11.3 Å². The summed E-state index contributed by atoms with van der Waals surface area (Å²) in [6, 6.07) is 12.7. The molecule has 1 amide bonds. The minimum atomic E-state index is -0.327. The molecule has 0 saturated carbocycles. The standard InChI is InChI=1S/C25H35NO2S/c1-6-26(7-2)24(28)18-25(4,5)17-22(27)23-16-15-21(29-23)10-8-9-20-13-11-19(3)12-14-20/h11-16H,6-10,17-18H2,1-5H3. The van der Waals surface area contributed by atoms with E-state index in [1.165, 1.54) is 16.0 Å². The van der Waals surface area contributed by atoms with Crippen molar-refractivity contribution >= 4 is 23.0 Å². The number of hydrogen-bond acceptors (Lipinski definition) is 3. The Hall–Kier alpha value is -1.94. The number of aryl methyl sites for hydroxylation is 3. The predicted molar refractivity (Wildman–Crippen MR) is 123 cm³/mol. The fourth-order valence-electron chi connectivity index (χ4n) is 3.57. The summed E-state index contributed by atoms with van der Waals surface area (Å²) in [6.45, 7) is 11.6. The average Bonchev–Trinajstić information content (AvgIpc) is 3.12. The Kier molecular flexibility index (Phi) is 8.63. The number of Topliss-reactive ketones (excluding diaryl/α,β-unsaturated/α-hetero) is 1. The highest BCUT2D eigenvalue weighted by molar-refractivity contribution is 7.14. The van der Waals surface area contributed by atoms with Crippen LogP contribution in [-0.2, 0) is 17.6 Å². The summed E-state index contributed by atoms with van der Waals surface area (Å²) >= 11 is 1.61. The van der Waals surface area contributed by atoms with Crippen molar-refractivity contribution in [3.05, 3.63) is 57.3 Å². The zero-order valence-electron chi connectivity index (χ0n) is 18.6. The monoisotopic (exact) mass is 413 g/mol. The lowest BCUT2D eigenvalue weighted by Crippen LogP contribution is -2.34. The molecule has 0 unspecified atom stereocenters. The van der Waals surface area contributed by atoms with Crippen LogP contribution in [0.4, 0.5) is 0 Å². The Morgan fingerprint density at radius 1 is 0.931 bits per heavy atom. The predicted octanol–water partition coefficient (Wildman–Crippen LogP) is 6.09. The Morgan fingerprint density at radius 3 is 2.21 bits per heavy atom. The Labute approximate surface area is 180 Å². The molecule has 0 saturated heterocycles. The zero-order valence-corrected chi connectivity index (χ0v) is 19.4. The largest absolute Gasteiger partial charge is 0.343 e. The smallest absolute Gasteiger partial charge is 0.223 e. The van der Waals surface area contributed by atoms with Crippen molar-refractivity contribution in [3.63, 3.8) is 0 Å². The maximum atomic E-state index is 12.8. The van der Waals surface area contributed by atoms with Gasteiger partial charge in [-0.1, -0.05) is 43.7 Å². The molecule has 29 heavy (non-hydrogen) atoms. The molecule has 0 aliphatic heterocycles. The number of hydrogen-bond donors (Lipinski definition) is 0. The molecule has 2 aromatic rings. The Morgan fingerprint density at radius 2 is 1.59 bits per heavy atom. The van der Waals surface area contributed by atoms with Crippen molar-refractivity contribution in [1.82, 2.24) is 4.90 Å². The third-order valence-corrected chi connectivity index (χ3v) is 6.52. The molecule has 0 bridgehead atoms. The lowest BCUT2D eigenvalue weighted by atomic mass is 9.83. The fraction of sp³-hybridized carbons (Fsp3) is 0.520. The topological polar surface area (TPSA) is 37.4 Å². The molecule has 0 fully saturated rings. The molecule has 3 nitrogen and oxygen atoms in total. The highest BCUT2D eigenvalue weighted by Crippen LogP contribution is 2.30. The highest BCUT2D eigenvalue weighted by atomic mass is 32.1. The van der Waals surface area contributed by atoms with Crippen molar-refractivity contribution in [2.24, 2.45) is 5.41 Å². The van der Waals surface area contributed by atoms with Gasteiger partial charge in [-0.05, 0) is 63.1 Å². The van der Waals surface area contributed by atoms with E-state index in [2.05, 4.69) is 37.3 Å². The number of carbonyl (C=O) groups is 2. The third-order valence-electron chi connectivity index (χ3n) is 5.33. The minimum Gasteiger partial charge on any atom is -0.343 e. The van der Waals surface area contributed by atoms with Crippen LogP contribution < -0.4 is 0 Å². The first kappa shape index (κ1) is 23.3. The van der Waals surface area contributed by atoms with E-state index in [0.717, 1.165) is 37.2 Å². The molecule has 0 radical (unpaired) electrons. The van der Waals surface area contributed by atoms with Crippen LogP contribution in [0.3, 0.4) is 0 Å². The summed E-state index contributed by atoms with van der Waals surface area (Å²) in [6.07, 6.45) is 3.96. The van der Waals surface area contributed by atoms with Gasteiger partial charge in [-0.25, -0.2) is 0 Å². The average molecular weight is 414 g/mol. The van der Waals surface area contributed by atoms with Gasteiger partial charge < -0.3 is 4.90 Å². The maximum absolute atomic E-state index is 12.8. The normalized spacial score (nSPS) is 11.5. The second kappa shape index (κ2) is 10.7. The maximum Gasteiger partial charge on any atom is 0.223 e. The number of amides is 1. The van der Waals surface area contributed by atoms with E-state index in [4.69, 9.17) is 0 Å². The lowest BCUT2D eigenvalue weighted by Gasteiger charge is -2.27. The van der Waals surface area contributed by atoms with E-state index in [-0.39, 0.29) is 17.1 Å². The van der Waals surface area contributed by atoms with Crippen LogP contribution in [0, 0.1) is 12.3 Å². The van der Waals surface area contributed by atoms with Crippen LogP contribution in [0.5, 0.6) is 0 Å². The van der Waals surface area contributed by atoms with Crippen LogP contribution >= 0.6 is 11.3 Å². The first-order valence-electron chi connectivity index (χ1n) is 10.7. The van der Waals surface area contributed by atoms with E-state index < -0.39 is 0 Å². The molecular formula is C25H35NO2S. The number of rotatable bonds is 11. The van der Waals surface area contributed by atoms with Gasteiger partial charge in [0.15, 0.2) is 5.78 Å². The number of ketones is 1. The van der Waals surface area contributed by atoms with Crippen molar-refractivity contribution in [2.45, 2.75) is 66.7 Å². The Bertz CT molecular complexity index is 800. The summed E-state index contributed by atoms with van der Waals surface area (Å²) in [5.41, 5.74) is 2.33. The molecule has 1 aromatic carbocycles. The van der Waals surface area contributed by atoms with Gasteiger partial charge in [0.25, 0.3) is 0 Å².